The van der Waals surface area contributed by atoms with Gasteiger partial charge in [-0.05, 0) is 12.1 Å². The maximum atomic E-state index is 12.7. The molecule has 3 rings (SSSR count). The summed E-state index contributed by atoms with van der Waals surface area (Å²) in [6, 6.07) is 6.16. The standard InChI is InChI=1S/C11H14N2O5S.C7H6FNO4S/c1-19(16,17)11-7-9(6-10(8-11)13(14)15)12-2-4-18-5-3-12;1-14(12,13)7-3-5(8)2-6(4-7)9(10)11/h6-8H,2-5H2,1H3;2-4H,1H3. The number of non-ortho nitro benzene ring substituents is 2. The van der Waals surface area contributed by atoms with Crippen molar-refractivity contribution in [3.8, 4) is 0 Å². The number of sulfone groups is 2. The largest absolute Gasteiger partial charge is 0.378 e. The second kappa shape index (κ2) is 10.2. The number of benzene rings is 2. The summed E-state index contributed by atoms with van der Waals surface area (Å²) in [6.45, 7) is 2.22. The first-order valence-electron chi connectivity index (χ1n) is 9.16. The second-order valence-electron chi connectivity index (χ2n) is 6.99. The van der Waals surface area contributed by atoms with Gasteiger partial charge in [-0.2, -0.15) is 0 Å². The van der Waals surface area contributed by atoms with Crippen molar-refractivity contribution < 1.29 is 35.8 Å². The molecule has 12 nitrogen and oxygen atoms in total. The zero-order valence-electron chi connectivity index (χ0n) is 17.5. The number of nitrogens with zero attached hydrogens (tertiary/aromatic N) is 3. The highest BCUT2D eigenvalue weighted by atomic mass is 32.2. The molecule has 2 aromatic rings. The maximum Gasteiger partial charge on any atom is 0.273 e. The SMILES string of the molecule is CS(=O)(=O)c1cc(F)cc([N+](=O)[O-])c1.CS(=O)(=O)c1cc(N2CCOCC2)cc([N+](=O)[O-])c1. The Kier molecular flexibility index (Phi) is 8.05. The van der Waals surface area contributed by atoms with Crippen LogP contribution in [0.4, 0.5) is 21.5 Å². The number of nitro groups is 2. The molecule has 33 heavy (non-hydrogen) atoms. The molecule has 0 N–H and O–H groups in total. The van der Waals surface area contributed by atoms with E-state index in [1.54, 1.807) is 0 Å². The number of ether oxygens (including phenoxy) is 1. The van der Waals surface area contributed by atoms with Crippen LogP contribution < -0.4 is 4.90 Å². The van der Waals surface area contributed by atoms with Gasteiger partial charge in [-0.15, -0.1) is 0 Å². The van der Waals surface area contributed by atoms with Crippen molar-refractivity contribution in [3.63, 3.8) is 0 Å². The summed E-state index contributed by atoms with van der Waals surface area (Å²) in [4.78, 5) is 21.2. The van der Waals surface area contributed by atoms with Gasteiger partial charge in [0.15, 0.2) is 19.7 Å². The summed E-state index contributed by atoms with van der Waals surface area (Å²) in [5.41, 5.74) is -0.257. The summed E-state index contributed by atoms with van der Waals surface area (Å²) < 4.78 is 63.0. The molecule has 0 aromatic heterocycles. The van der Waals surface area contributed by atoms with Crippen LogP contribution in [0.5, 0.6) is 0 Å². The molecule has 2 aromatic carbocycles. The van der Waals surface area contributed by atoms with Crippen LogP contribution in [-0.4, -0.2) is 65.5 Å². The first kappa shape index (κ1) is 26.1. The van der Waals surface area contributed by atoms with Crippen LogP contribution in [-0.2, 0) is 24.4 Å². The molecule has 0 spiro atoms. The average Bonchev–Trinajstić information content (AvgIpc) is 2.72. The Morgan fingerprint density at radius 2 is 1.27 bits per heavy atom. The van der Waals surface area contributed by atoms with Crippen LogP contribution in [0.1, 0.15) is 0 Å². The van der Waals surface area contributed by atoms with E-state index >= 15 is 0 Å². The van der Waals surface area contributed by atoms with E-state index in [0.717, 1.165) is 30.7 Å². The molecule has 0 atom stereocenters. The van der Waals surface area contributed by atoms with Gasteiger partial charge in [0.05, 0.1) is 38.9 Å². The van der Waals surface area contributed by atoms with Gasteiger partial charge in [0.25, 0.3) is 11.4 Å². The number of hydrogen-bond acceptors (Lipinski definition) is 10. The quantitative estimate of drug-likeness (QED) is 0.433. The van der Waals surface area contributed by atoms with Gasteiger partial charge in [-0.3, -0.25) is 20.2 Å². The minimum Gasteiger partial charge on any atom is -0.378 e. The van der Waals surface area contributed by atoms with Crippen molar-refractivity contribution >= 4 is 36.7 Å². The number of nitro benzene ring substituents is 2. The van der Waals surface area contributed by atoms with E-state index in [4.69, 9.17) is 4.74 Å². The van der Waals surface area contributed by atoms with Gasteiger partial charge in [0.2, 0.25) is 0 Å². The van der Waals surface area contributed by atoms with Gasteiger partial charge in [0.1, 0.15) is 5.82 Å². The average molecular weight is 506 g/mol. The zero-order valence-corrected chi connectivity index (χ0v) is 19.1. The fraction of sp³-hybridized carbons (Fsp3) is 0.333. The Morgan fingerprint density at radius 1 is 0.818 bits per heavy atom. The Hall–Kier alpha value is -3.17. The number of halogens is 1. The number of morpholine rings is 1. The van der Waals surface area contributed by atoms with Crippen molar-refractivity contribution in [1.29, 1.82) is 0 Å². The van der Waals surface area contributed by atoms with Crippen LogP contribution in [0, 0.1) is 26.0 Å². The molecule has 1 saturated heterocycles. The van der Waals surface area contributed by atoms with Gasteiger partial charge in [0, 0.05) is 49.5 Å². The predicted octanol–water partition coefficient (Wildman–Crippen LogP) is 1.97. The number of rotatable bonds is 5. The third-order valence-electron chi connectivity index (χ3n) is 4.39. The molecule has 0 radical (unpaired) electrons. The molecule has 0 saturated carbocycles. The van der Waals surface area contributed by atoms with Gasteiger partial charge >= 0.3 is 0 Å². The molecule has 0 bridgehead atoms. The molecule has 1 aliphatic heterocycles. The van der Waals surface area contributed by atoms with Crippen LogP contribution in [0.2, 0.25) is 0 Å². The van der Waals surface area contributed by atoms with Crippen LogP contribution in [0.25, 0.3) is 0 Å². The Labute approximate surface area is 188 Å². The van der Waals surface area contributed by atoms with Crippen LogP contribution in [0.15, 0.2) is 46.2 Å². The van der Waals surface area contributed by atoms with E-state index < -0.39 is 45.9 Å². The Bertz CT molecular complexity index is 1280. The van der Waals surface area contributed by atoms with E-state index in [1.807, 2.05) is 4.90 Å². The predicted molar refractivity (Wildman–Crippen MR) is 115 cm³/mol. The smallest absolute Gasteiger partial charge is 0.273 e. The highest BCUT2D eigenvalue weighted by Crippen LogP contribution is 2.27. The first-order valence-corrected chi connectivity index (χ1v) is 12.9. The van der Waals surface area contributed by atoms with Gasteiger partial charge in [-0.25, -0.2) is 21.2 Å². The van der Waals surface area contributed by atoms with E-state index in [9.17, 15) is 41.5 Å². The lowest BCUT2D eigenvalue weighted by molar-refractivity contribution is -0.385. The molecule has 1 heterocycles. The summed E-state index contributed by atoms with van der Waals surface area (Å²) in [5, 5.41) is 21.2. The number of hydrogen-bond donors (Lipinski definition) is 0. The monoisotopic (exact) mass is 505 g/mol. The van der Waals surface area contributed by atoms with E-state index in [0.29, 0.717) is 38.1 Å². The molecule has 1 fully saturated rings. The molecular weight excluding hydrogens is 485 g/mol. The van der Waals surface area contributed by atoms with Gasteiger partial charge < -0.3 is 9.64 Å². The third kappa shape index (κ3) is 7.44. The molecule has 0 unspecified atom stereocenters. The Balaban J connectivity index is 0.000000245. The fourth-order valence-electron chi connectivity index (χ4n) is 2.76. The summed E-state index contributed by atoms with van der Waals surface area (Å²) in [5.74, 6) is -0.945. The Morgan fingerprint density at radius 3 is 1.73 bits per heavy atom. The lowest BCUT2D eigenvalue weighted by Crippen LogP contribution is -2.36. The van der Waals surface area contributed by atoms with Crippen molar-refractivity contribution in [1.82, 2.24) is 0 Å². The summed E-state index contributed by atoms with van der Waals surface area (Å²) in [6.07, 6.45) is 1.89. The topological polar surface area (TPSA) is 167 Å². The lowest BCUT2D eigenvalue weighted by Gasteiger charge is -2.28. The maximum absolute atomic E-state index is 12.7. The van der Waals surface area contributed by atoms with Crippen LogP contribution >= 0.6 is 0 Å². The second-order valence-corrected chi connectivity index (χ2v) is 11.0. The van der Waals surface area contributed by atoms with Crippen LogP contribution in [0.3, 0.4) is 0 Å². The molecule has 0 amide bonds. The van der Waals surface area contributed by atoms with Crippen molar-refractivity contribution in [2.24, 2.45) is 0 Å². The van der Waals surface area contributed by atoms with Gasteiger partial charge in [-0.1, -0.05) is 0 Å². The minimum absolute atomic E-state index is 0.0387. The fourth-order valence-corrected chi connectivity index (χ4v) is 4.09. The van der Waals surface area contributed by atoms with Crippen molar-refractivity contribution in [3.05, 3.63) is 62.4 Å². The molecular formula is C18H20FN3O9S2. The minimum atomic E-state index is -3.63. The molecule has 1 aliphatic rings. The summed E-state index contributed by atoms with van der Waals surface area (Å²) >= 11 is 0. The third-order valence-corrected chi connectivity index (χ3v) is 6.57. The van der Waals surface area contributed by atoms with E-state index in [1.165, 1.54) is 12.1 Å². The van der Waals surface area contributed by atoms with Crippen molar-refractivity contribution in [2.45, 2.75) is 9.79 Å². The van der Waals surface area contributed by atoms with Crippen molar-refractivity contribution in [2.75, 3.05) is 43.7 Å². The van der Waals surface area contributed by atoms with E-state index in [2.05, 4.69) is 0 Å². The molecule has 15 heteroatoms. The lowest BCUT2D eigenvalue weighted by atomic mass is 10.2. The summed E-state index contributed by atoms with van der Waals surface area (Å²) in [7, 11) is -7.11. The normalized spacial score (nSPS) is 14.2. The highest BCUT2D eigenvalue weighted by Gasteiger charge is 2.20. The number of anilines is 1. The van der Waals surface area contributed by atoms with E-state index in [-0.39, 0.29) is 10.6 Å². The highest BCUT2D eigenvalue weighted by molar-refractivity contribution is 7.91. The molecule has 0 aliphatic carbocycles. The molecule has 180 valence electrons. The zero-order chi connectivity index (χ0) is 25.0. The first-order chi connectivity index (χ1) is 15.2.